The first-order chi connectivity index (χ1) is 10.5. The van der Waals surface area contributed by atoms with Crippen molar-refractivity contribution < 1.29 is 14.1 Å². The molecule has 0 aliphatic heterocycles. The summed E-state index contributed by atoms with van der Waals surface area (Å²) in [6.45, 7) is 2.03. The fourth-order valence-electron chi connectivity index (χ4n) is 1.95. The molecular weight excluding hydrogens is 291 g/mol. The molecule has 8 heteroatoms. The van der Waals surface area contributed by atoms with Crippen LogP contribution in [0.3, 0.4) is 0 Å². The zero-order valence-electron chi connectivity index (χ0n) is 12.2. The maximum atomic E-state index is 12.8. The van der Waals surface area contributed by atoms with E-state index < -0.39 is 4.92 Å². The van der Waals surface area contributed by atoms with Crippen LogP contribution in [0.1, 0.15) is 11.4 Å². The molecule has 1 aromatic carbocycles. The van der Waals surface area contributed by atoms with Gasteiger partial charge in [-0.05, 0) is 31.0 Å². The maximum absolute atomic E-state index is 12.8. The van der Waals surface area contributed by atoms with E-state index in [2.05, 4.69) is 15.3 Å². The molecule has 0 amide bonds. The lowest BCUT2D eigenvalue weighted by molar-refractivity contribution is -0.385. The zero-order valence-corrected chi connectivity index (χ0v) is 12.2. The Bertz CT molecular complexity index is 677. The largest absolute Gasteiger partial charge is 0.476 e. The van der Waals surface area contributed by atoms with Crippen molar-refractivity contribution in [3.8, 4) is 5.88 Å². The van der Waals surface area contributed by atoms with Gasteiger partial charge < -0.3 is 10.1 Å². The SMILES string of the molecule is COc1nc(C)nc(NCCc2ccc(F)cc2)c1[N+](=O)[O-]. The molecule has 0 unspecified atom stereocenters. The van der Waals surface area contributed by atoms with Crippen LogP contribution in [0.5, 0.6) is 5.88 Å². The smallest absolute Gasteiger partial charge is 0.372 e. The minimum absolute atomic E-state index is 0.0817. The highest BCUT2D eigenvalue weighted by Gasteiger charge is 2.24. The van der Waals surface area contributed by atoms with E-state index in [1.807, 2.05) is 0 Å². The van der Waals surface area contributed by atoms with E-state index in [0.717, 1.165) is 5.56 Å². The van der Waals surface area contributed by atoms with E-state index in [1.165, 1.54) is 19.2 Å². The van der Waals surface area contributed by atoms with Gasteiger partial charge in [0.15, 0.2) is 0 Å². The van der Waals surface area contributed by atoms with Gasteiger partial charge in [0.1, 0.15) is 11.6 Å². The molecule has 1 heterocycles. The topological polar surface area (TPSA) is 90.2 Å². The van der Waals surface area contributed by atoms with Crippen LogP contribution in [0.15, 0.2) is 24.3 Å². The Kier molecular flexibility index (Phi) is 4.82. The summed E-state index contributed by atoms with van der Waals surface area (Å²) < 4.78 is 17.8. The van der Waals surface area contributed by atoms with Gasteiger partial charge in [0.05, 0.1) is 12.0 Å². The van der Waals surface area contributed by atoms with Gasteiger partial charge in [-0.1, -0.05) is 12.1 Å². The summed E-state index contributed by atoms with van der Waals surface area (Å²) in [4.78, 5) is 18.5. The minimum Gasteiger partial charge on any atom is -0.476 e. The molecule has 2 aromatic rings. The molecular formula is C14H15FN4O3. The Balaban J connectivity index is 2.13. The Hall–Kier alpha value is -2.77. The molecule has 0 saturated carbocycles. The third-order valence-electron chi connectivity index (χ3n) is 2.96. The Morgan fingerprint density at radius 1 is 1.32 bits per heavy atom. The molecule has 1 aromatic heterocycles. The van der Waals surface area contributed by atoms with Crippen molar-refractivity contribution in [3.63, 3.8) is 0 Å². The number of ether oxygens (including phenoxy) is 1. The van der Waals surface area contributed by atoms with Crippen LogP contribution in [0, 0.1) is 22.9 Å². The monoisotopic (exact) mass is 306 g/mol. The fraction of sp³-hybridized carbons (Fsp3) is 0.286. The van der Waals surface area contributed by atoms with Crippen LogP contribution in [0.25, 0.3) is 0 Å². The first-order valence-corrected chi connectivity index (χ1v) is 6.56. The summed E-state index contributed by atoms with van der Waals surface area (Å²) in [5, 5.41) is 14.1. The summed E-state index contributed by atoms with van der Waals surface area (Å²) in [5.41, 5.74) is 0.613. The average Bonchev–Trinajstić information content (AvgIpc) is 2.48. The molecule has 0 saturated heterocycles. The van der Waals surface area contributed by atoms with E-state index in [4.69, 9.17) is 4.74 Å². The molecule has 0 atom stereocenters. The average molecular weight is 306 g/mol. The normalized spacial score (nSPS) is 10.3. The van der Waals surface area contributed by atoms with Crippen LogP contribution in [-0.4, -0.2) is 28.5 Å². The number of aromatic nitrogens is 2. The standard InChI is InChI=1S/C14H15FN4O3/c1-9-17-13(12(19(20)21)14(18-9)22-2)16-8-7-10-3-5-11(15)6-4-10/h3-6H,7-8H2,1-2H3,(H,16,17,18). The third-order valence-corrected chi connectivity index (χ3v) is 2.96. The molecule has 2 rings (SSSR count). The third kappa shape index (κ3) is 3.66. The lowest BCUT2D eigenvalue weighted by atomic mass is 10.1. The molecule has 0 aliphatic carbocycles. The van der Waals surface area contributed by atoms with Gasteiger partial charge in [-0.25, -0.2) is 9.37 Å². The number of nitro groups is 1. The number of rotatable bonds is 6. The maximum Gasteiger partial charge on any atom is 0.372 e. The van der Waals surface area contributed by atoms with E-state index >= 15 is 0 Å². The lowest BCUT2D eigenvalue weighted by Gasteiger charge is -2.09. The second-order valence-electron chi connectivity index (χ2n) is 4.54. The van der Waals surface area contributed by atoms with Crippen molar-refractivity contribution in [1.29, 1.82) is 0 Å². The first kappa shape index (κ1) is 15.6. The lowest BCUT2D eigenvalue weighted by Crippen LogP contribution is -2.11. The molecule has 7 nitrogen and oxygen atoms in total. The number of benzene rings is 1. The van der Waals surface area contributed by atoms with Gasteiger partial charge in [-0.3, -0.25) is 10.1 Å². The predicted molar refractivity (Wildman–Crippen MR) is 78.6 cm³/mol. The predicted octanol–water partition coefficient (Wildman–Crippen LogP) is 2.50. The van der Waals surface area contributed by atoms with Gasteiger partial charge >= 0.3 is 5.69 Å². The highest BCUT2D eigenvalue weighted by Crippen LogP contribution is 2.31. The van der Waals surface area contributed by atoms with Crippen molar-refractivity contribution in [2.45, 2.75) is 13.3 Å². The molecule has 0 radical (unpaired) electrons. The summed E-state index contributed by atoms with van der Waals surface area (Å²) in [6, 6.07) is 6.07. The second-order valence-corrected chi connectivity index (χ2v) is 4.54. The van der Waals surface area contributed by atoms with Crippen molar-refractivity contribution in [2.75, 3.05) is 19.0 Å². The molecule has 0 spiro atoms. The second kappa shape index (κ2) is 6.79. The molecule has 116 valence electrons. The first-order valence-electron chi connectivity index (χ1n) is 6.56. The summed E-state index contributed by atoms with van der Waals surface area (Å²) in [5.74, 6) is 0.0912. The molecule has 22 heavy (non-hydrogen) atoms. The van der Waals surface area contributed by atoms with Gasteiger partial charge in [-0.15, -0.1) is 0 Å². The van der Waals surface area contributed by atoms with Crippen molar-refractivity contribution in [1.82, 2.24) is 9.97 Å². The van der Waals surface area contributed by atoms with E-state index in [1.54, 1.807) is 19.1 Å². The molecule has 0 fully saturated rings. The number of methoxy groups -OCH3 is 1. The van der Waals surface area contributed by atoms with E-state index in [-0.39, 0.29) is 23.2 Å². The number of hydrogen-bond acceptors (Lipinski definition) is 6. The highest BCUT2D eigenvalue weighted by molar-refractivity contribution is 5.61. The number of anilines is 1. The van der Waals surface area contributed by atoms with Gasteiger partial charge in [0.2, 0.25) is 5.82 Å². The van der Waals surface area contributed by atoms with Crippen molar-refractivity contribution in [3.05, 3.63) is 51.6 Å². The summed E-state index contributed by atoms with van der Waals surface area (Å²) in [7, 11) is 1.32. The van der Waals surface area contributed by atoms with Crippen LogP contribution < -0.4 is 10.1 Å². The number of hydrogen-bond donors (Lipinski definition) is 1. The summed E-state index contributed by atoms with van der Waals surface area (Å²) >= 11 is 0. The minimum atomic E-state index is -0.585. The number of nitrogens with one attached hydrogen (secondary N) is 1. The van der Waals surface area contributed by atoms with Gasteiger partial charge in [-0.2, -0.15) is 4.98 Å². The zero-order chi connectivity index (χ0) is 16.1. The molecule has 1 N–H and O–H groups in total. The van der Waals surface area contributed by atoms with Crippen LogP contribution in [0.2, 0.25) is 0 Å². The highest BCUT2D eigenvalue weighted by atomic mass is 19.1. The van der Waals surface area contributed by atoms with E-state index in [0.29, 0.717) is 18.8 Å². The fourth-order valence-corrected chi connectivity index (χ4v) is 1.95. The van der Waals surface area contributed by atoms with E-state index in [9.17, 15) is 14.5 Å². The molecule has 0 bridgehead atoms. The van der Waals surface area contributed by atoms with Crippen LogP contribution in [0.4, 0.5) is 15.9 Å². The quantitative estimate of drug-likeness (QED) is 0.651. The van der Waals surface area contributed by atoms with Gasteiger partial charge in [0, 0.05) is 6.54 Å². The number of nitrogens with zero attached hydrogens (tertiary/aromatic N) is 3. The Labute approximate surface area is 126 Å². The Morgan fingerprint density at radius 3 is 2.59 bits per heavy atom. The van der Waals surface area contributed by atoms with Crippen LogP contribution >= 0.6 is 0 Å². The van der Waals surface area contributed by atoms with Crippen LogP contribution in [-0.2, 0) is 6.42 Å². The number of aryl methyl sites for hydroxylation is 1. The number of halogens is 1. The van der Waals surface area contributed by atoms with Crippen molar-refractivity contribution in [2.24, 2.45) is 0 Å². The van der Waals surface area contributed by atoms with Crippen molar-refractivity contribution >= 4 is 11.5 Å². The summed E-state index contributed by atoms with van der Waals surface area (Å²) in [6.07, 6.45) is 0.572. The molecule has 0 aliphatic rings. The Morgan fingerprint density at radius 2 is 2.00 bits per heavy atom. The van der Waals surface area contributed by atoms with Gasteiger partial charge in [0.25, 0.3) is 5.88 Å².